The number of nitrogen functional groups attached to an aromatic ring is 1. The summed E-state index contributed by atoms with van der Waals surface area (Å²) in [5.41, 5.74) is 7.76. The molecule has 21 heavy (non-hydrogen) atoms. The molecule has 0 aliphatic rings. The number of pyridine rings is 1. The lowest BCUT2D eigenvalue weighted by atomic mass is 10.2. The molecule has 0 saturated carbocycles. The Kier molecular flexibility index (Phi) is 3.46. The molecule has 2 aromatic carbocycles. The molecule has 5 heteroatoms. The summed E-state index contributed by atoms with van der Waals surface area (Å²) in [5, 5.41) is 9.76. The second-order valence-electron chi connectivity index (χ2n) is 4.45. The zero-order chi connectivity index (χ0) is 14.8. The maximum absolute atomic E-state index is 8.94. The van der Waals surface area contributed by atoms with Gasteiger partial charge in [-0.3, -0.25) is 4.98 Å². The molecule has 0 bridgehead atoms. The number of aromatic nitrogens is 1. The minimum absolute atomic E-state index is 0.447. The molecule has 3 aromatic rings. The van der Waals surface area contributed by atoms with Crippen molar-refractivity contribution >= 4 is 32.5 Å². The van der Waals surface area contributed by atoms with E-state index in [1.165, 1.54) is 0 Å². The first-order valence-electron chi connectivity index (χ1n) is 6.19. The van der Waals surface area contributed by atoms with Crippen molar-refractivity contribution < 1.29 is 4.74 Å². The van der Waals surface area contributed by atoms with E-state index in [9.17, 15) is 0 Å². The van der Waals surface area contributed by atoms with Gasteiger partial charge in [-0.15, -0.1) is 0 Å². The minimum Gasteiger partial charge on any atom is -0.454 e. The first-order chi connectivity index (χ1) is 10.2. The summed E-state index contributed by atoms with van der Waals surface area (Å²) >= 11 is 3.43. The minimum atomic E-state index is 0.447. The van der Waals surface area contributed by atoms with Crippen molar-refractivity contribution in [2.75, 3.05) is 5.73 Å². The summed E-state index contributed by atoms with van der Waals surface area (Å²) in [6.07, 6.45) is 1.57. The highest BCUT2D eigenvalue weighted by Gasteiger charge is 2.10. The zero-order valence-corrected chi connectivity index (χ0v) is 12.5. The number of nitrogens with zero attached hydrogens (tertiary/aromatic N) is 2. The Morgan fingerprint density at radius 3 is 2.86 bits per heavy atom. The summed E-state index contributed by atoms with van der Waals surface area (Å²) in [6.45, 7) is 0. The smallest absolute Gasteiger partial charge is 0.161 e. The number of benzene rings is 2. The van der Waals surface area contributed by atoms with Gasteiger partial charge in [-0.05, 0) is 36.4 Å². The summed E-state index contributed by atoms with van der Waals surface area (Å²) in [7, 11) is 0. The Labute approximate surface area is 129 Å². The molecule has 2 N–H and O–H groups in total. The lowest BCUT2D eigenvalue weighted by Gasteiger charge is -2.11. The number of halogens is 1. The molecule has 0 amide bonds. The molecule has 1 aromatic heterocycles. The Hall–Kier alpha value is -2.58. The number of ether oxygens (including phenoxy) is 1. The summed E-state index contributed by atoms with van der Waals surface area (Å²) in [4.78, 5) is 4.28. The number of hydrogen-bond donors (Lipinski definition) is 1. The van der Waals surface area contributed by atoms with Crippen LogP contribution in [0.2, 0.25) is 0 Å². The van der Waals surface area contributed by atoms with Gasteiger partial charge in [0.05, 0.1) is 29.0 Å². The summed E-state index contributed by atoms with van der Waals surface area (Å²) in [6, 6.07) is 14.7. The molecule has 0 unspecified atom stereocenters. The molecule has 1 heterocycles. The standard InChI is InChI=1S/C16H10BrN3O/c17-11-4-5-15-13(7-11)16(14(19)9-20-15)21-12-3-1-2-10(6-12)8-18/h1-7,9H,19H2. The molecule has 3 rings (SSSR count). The van der Waals surface area contributed by atoms with E-state index in [2.05, 4.69) is 27.0 Å². The fourth-order valence-corrected chi connectivity index (χ4v) is 2.38. The largest absolute Gasteiger partial charge is 0.454 e. The first-order valence-corrected chi connectivity index (χ1v) is 6.98. The van der Waals surface area contributed by atoms with Gasteiger partial charge in [-0.1, -0.05) is 22.0 Å². The van der Waals surface area contributed by atoms with Crippen LogP contribution >= 0.6 is 15.9 Å². The fourth-order valence-electron chi connectivity index (χ4n) is 2.02. The van der Waals surface area contributed by atoms with E-state index in [4.69, 9.17) is 15.7 Å². The number of rotatable bonds is 2. The number of nitriles is 1. The highest BCUT2D eigenvalue weighted by atomic mass is 79.9. The van der Waals surface area contributed by atoms with Crippen LogP contribution in [0.25, 0.3) is 10.9 Å². The predicted molar refractivity (Wildman–Crippen MR) is 85.1 cm³/mol. The van der Waals surface area contributed by atoms with Gasteiger partial charge in [0.2, 0.25) is 0 Å². The lowest BCUT2D eigenvalue weighted by molar-refractivity contribution is 0.490. The van der Waals surface area contributed by atoms with Crippen LogP contribution in [0.4, 0.5) is 5.69 Å². The molecule has 102 valence electrons. The fraction of sp³-hybridized carbons (Fsp3) is 0. The van der Waals surface area contributed by atoms with Crippen LogP contribution in [0.3, 0.4) is 0 Å². The molecular weight excluding hydrogens is 330 g/mol. The topological polar surface area (TPSA) is 71.9 Å². The van der Waals surface area contributed by atoms with Gasteiger partial charge in [0.25, 0.3) is 0 Å². The van der Waals surface area contributed by atoms with Crippen molar-refractivity contribution in [3.05, 3.63) is 58.7 Å². The maximum Gasteiger partial charge on any atom is 0.161 e. The predicted octanol–water partition coefficient (Wildman–Crippen LogP) is 4.24. The van der Waals surface area contributed by atoms with Crippen LogP contribution in [-0.4, -0.2) is 4.98 Å². The van der Waals surface area contributed by atoms with Crippen molar-refractivity contribution in [2.24, 2.45) is 0 Å². The van der Waals surface area contributed by atoms with Gasteiger partial charge in [0.15, 0.2) is 5.75 Å². The molecule has 4 nitrogen and oxygen atoms in total. The number of nitrogens with two attached hydrogens (primary N) is 1. The highest BCUT2D eigenvalue weighted by molar-refractivity contribution is 9.10. The second-order valence-corrected chi connectivity index (χ2v) is 5.36. The van der Waals surface area contributed by atoms with E-state index in [-0.39, 0.29) is 0 Å². The van der Waals surface area contributed by atoms with Crippen LogP contribution in [0.5, 0.6) is 11.5 Å². The molecule has 0 fully saturated rings. The molecule has 0 radical (unpaired) electrons. The van der Waals surface area contributed by atoms with Gasteiger partial charge in [-0.25, -0.2) is 0 Å². The lowest BCUT2D eigenvalue weighted by Crippen LogP contribution is -1.95. The molecular formula is C16H10BrN3O. The average Bonchev–Trinajstić information content (AvgIpc) is 2.50. The van der Waals surface area contributed by atoms with Crippen LogP contribution in [0.15, 0.2) is 53.1 Å². The van der Waals surface area contributed by atoms with E-state index in [0.29, 0.717) is 22.7 Å². The Morgan fingerprint density at radius 2 is 2.05 bits per heavy atom. The van der Waals surface area contributed by atoms with E-state index in [1.807, 2.05) is 18.2 Å². The Balaban J connectivity index is 2.13. The highest BCUT2D eigenvalue weighted by Crippen LogP contribution is 2.35. The van der Waals surface area contributed by atoms with Crippen molar-refractivity contribution in [3.63, 3.8) is 0 Å². The maximum atomic E-state index is 8.94. The van der Waals surface area contributed by atoms with Crippen LogP contribution < -0.4 is 10.5 Å². The van der Waals surface area contributed by atoms with Gasteiger partial charge in [0, 0.05) is 9.86 Å². The van der Waals surface area contributed by atoms with Crippen molar-refractivity contribution in [2.45, 2.75) is 0 Å². The zero-order valence-electron chi connectivity index (χ0n) is 10.9. The molecule has 0 aliphatic heterocycles. The molecule has 0 aliphatic carbocycles. The monoisotopic (exact) mass is 339 g/mol. The number of fused-ring (bicyclic) bond motifs is 1. The van der Waals surface area contributed by atoms with Crippen LogP contribution in [-0.2, 0) is 0 Å². The first kappa shape index (κ1) is 13.4. The van der Waals surface area contributed by atoms with E-state index in [0.717, 1.165) is 15.4 Å². The molecule has 0 spiro atoms. The third-order valence-electron chi connectivity index (χ3n) is 2.99. The van der Waals surface area contributed by atoms with Gasteiger partial charge in [-0.2, -0.15) is 5.26 Å². The van der Waals surface area contributed by atoms with E-state index >= 15 is 0 Å². The second kappa shape index (κ2) is 5.43. The van der Waals surface area contributed by atoms with Crippen LogP contribution in [0, 0.1) is 11.3 Å². The number of anilines is 1. The van der Waals surface area contributed by atoms with Gasteiger partial charge >= 0.3 is 0 Å². The Morgan fingerprint density at radius 1 is 1.19 bits per heavy atom. The Bertz CT molecular complexity index is 866. The third kappa shape index (κ3) is 2.67. The molecule has 0 atom stereocenters. The van der Waals surface area contributed by atoms with Crippen LogP contribution in [0.1, 0.15) is 5.56 Å². The van der Waals surface area contributed by atoms with E-state index < -0.39 is 0 Å². The average molecular weight is 340 g/mol. The SMILES string of the molecule is N#Cc1cccc(Oc2c(N)cnc3ccc(Br)cc23)c1. The quantitative estimate of drug-likeness (QED) is 0.757. The summed E-state index contributed by atoms with van der Waals surface area (Å²) < 4.78 is 6.80. The van der Waals surface area contributed by atoms with Gasteiger partial charge < -0.3 is 10.5 Å². The van der Waals surface area contributed by atoms with Gasteiger partial charge in [0.1, 0.15) is 5.75 Å². The van der Waals surface area contributed by atoms with Crippen molar-refractivity contribution in [3.8, 4) is 17.6 Å². The normalized spacial score (nSPS) is 10.3. The third-order valence-corrected chi connectivity index (χ3v) is 3.48. The van der Waals surface area contributed by atoms with Crippen molar-refractivity contribution in [1.29, 1.82) is 5.26 Å². The van der Waals surface area contributed by atoms with Crippen molar-refractivity contribution in [1.82, 2.24) is 4.98 Å². The molecule has 0 saturated heterocycles. The summed E-state index contributed by atoms with van der Waals surface area (Å²) in [5.74, 6) is 1.10. The van der Waals surface area contributed by atoms with E-state index in [1.54, 1.807) is 30.5 Å². The number of hydrogen-bond acceptors (Lipinski definition) is 4.